The minimum absolute atomic E-state index is 0.369. The molecule has 164 valence electrons. The molecule has 0 amide bonds. The van der Waals surface area contributed by atoms with Gasteiger partial charge in [-0.15, -0.1) is 0 Å². The van der Waals surface area contributed by atoms with E-state index in [0.717, 1.165) is 31.8 Å². The van der Waals surface area contributed by atoms with Gasteiger partial charge in [0.05, 0.1) is 13.2 Å². The number of methoxy groups -OCH3 is 1. The topological polar surface area (TPSA) is 43.8 Å². The summed E-state index contributed by atoms with van der Waals surface area (Å²) in [6, 6.07) is 6.76. The second-order valence-electron chi connectivity index (χ2n) is 10.7. The van der Waals surface area contributed by atoms with Gasteiger partial charge in [0.15, 0.2) is 16.6 Å². The number of rotatable bonds is 7. The van der Waals surface area contributed by atoms with Gasteiger partial charge in [-0.2, -0.15) is 0 Å². The van der Waals surface area contributed by atoms with Crippen LogP contribution in [0.1, 0.15) is 30.9 Å². The Morgan fingerprint density at radius 3 is 2.45 bits per heavy atom. The zero-order valence-corrected chi connectivity index (χ0v) is 21.4. The van der Waals surface area contributed by atoms with Crippen molar-refractivity contribution in [2.45, 2.75) is 76.6 Å². The lowest BCUT2D eigenvalue weighted by Crippen LogP contribution is -2.56. The number of nitrogens with zero attached hydrogens (tertiary/aromatic N) is 2. The highest BCUT2D eigenvalue weighted by atomic mass is 28.4. The van der Waals surface area contributed by atoms with Gasteiger partial charge in [-0.05, 0) is 70.5 Å². The first-order valence-electron chi connectivity index (χ1n) is 11.1. The van der Waals surface area contributed by atoms with Crippen LogP contribution < -0.4 is 4.74 Å². The molecule has 0 aliphatic carbocycles. The highest BCUT2D eigenvalue weighted by Gasteiger charge is 2.42. The summed E-state index contributed by atoms with van der Waals surface area (Å²) >= 11 is 0. The van der Waals surface area contributed by atoms with Crippen LogP contribution in [-0.4, -0.2) is 65.5 Å². The predicted molar refractivity (Wildman–Crippen MR) is 124 cm³/mol. The summed E-state index contributed by atoms with van der Waals surface area (Å²) in [5, 5.41) is 0. The quantitative estimate of drug-likeness (QED) is 0.578. The molecular formula is C22H40N2O3Si2. The van der Waals surface area contributed by atoms with Crippen LogP contribution in [0.15, 0.2) is 18.2 Å². The van der Waals surface area contributed by atoms with Crippen molar-refractivity contribution < 1.29 is 13.6 Å². The number of ether oxygens (including phenoxy) is 1. The zero-order chi connectivity index (χ0) is 21.2. The Hall–Kier alpha value is -0.736. The van der Waals surface area contributed by atoms with Crippen molar-refractivity contribution in [1.29, 1.82) is 0 Å². The third kappa shape index (κ3) is 6.62. The third-order valence-electron chi connectivity index (χ3n) is 5.90. The molecule has 2 saturated heterocycles. The summed E-state index contributed by atoms with van der Waals surface area (Å²) in [4.78, 5) is 7.45. The zero-order valence-electron chi connectivity index (χ0n) is 19.4. The molecule has 0 unspecified atom stereocenters. The van der Waals surface area contributed by atoms with Gasteiger partial charge in [0.1, 0.15) is 0 Å². The molecule has 0 saturated carbocycles. The molecule has 1 aromatic heterocycles. The van der Waals surface area contributed by atoms with E-state index in [1.54, 1.807) is 7.11 Å². The number of piperidine rings is 2. The first-order chi connectivity index (χ1) is 13.5. The summed E-state index contributed by atoms with van der Waals surface area (Å²) < 4.78 is 18.3. The van der Waals surface area contributed by atoms with E-state index in [4.69, 9.17) is 18.6 Å². The average molecular weight is 437 g/mol. The number of hydrogen-bond acceptors (Lipinski definition) is 5. The average Bonchev–Trinajstić information content (AvgIpc) is 2.63. The van der Waals surface area contributed by atoms with Gasteiger partial charge >= 0.3 is 0 Å². The molecule has 0 bridgehead atoms. The lowest BCUT2D eigenvalue weighted by Gasteiger charge is -2.50. The molecule has 2 fully saturated rings. The van der Waals surface area contributed by atoms with E-state index < -0.39 is 16.6 Å². The highest BCUT2D eigenvalue weighted by Crippen LogP contribution is 2.39. The summed E-state index contributed by atoms with van der Waals surface area (Å²) in [5.41, 5.74) is 1.15. The number of aromatic nitrogens is 1. The fourth-order valence-electron chi connectivity index (χ4n) is 4.77. The van der Waals surface area contributed by atoms with Crippen molar-refractivity contribution in [2.24, 2.45) is 5.92 Å². The van der Waals surface area contributed by atoms with Crippen molar-refractivity contribution in [2.75, 3.05) is 26.8 Å². The summed E-state index contributed by atoms with van der Waals surface area (Å²) in [6.45, 7) is 16.7. The van der Waals surface area contributed by atoms with Crippen LogP contribution in [0.3, 0.4) is 0 Å². The van der Waals surface area contributed by atoms with Crippen LogP contribution in [0, 0.1) is 5.92 Å². The Labute approximate surface area is 179 Å². The molecule has 0 spiro atoms. The molecule has 2 aliphatic rings. The fraction of sp³-hybridized carbons (Fsp3) is 0.773. The number of fused-ring (bicyclic) bond motifs is 1. The maximum atomic E-state index is 6.49. The summed E-state index contributed by atoms with van der Waals surface area (Å²) in [6.07, 6.45) is 3.91. The second kappa shape index (κ2) is 9.18. The van der Waals surface area contributed by atoms with Crippen LogP contribution in [-0.2, 0) is 8.85 Å². The van der Waals surface area contributed by atoms with Gasteiger partial charge in [0.25, 0.3) is 0 Å². The van der Waals surface area contributed by atoms with Crippen molar-refractivity contribution >= 4 is 16.6 Å². The monoisotopic (exact) mass is 436 g/mol. The molecule has 29 heavy (non-hydrogen) atoms. The van der Waals surface area contributed by atoms with Gasteiger partial charge < -0.3 is 13.6 Å². The van der Waals surface area contributed by atoms with E-state index in [9.17, 15) is 0 Å². The molecule has 3 rings (SSSR count). The number of pyridine rings is 1. The first kappa shape index (κ1) is 22.9. The Morgan fingerprint density at radius 2 is 1.79 bits per heavy atom. The van der Waals surface area contributed by atoms with Gasteiger partial charge in [0.2, 0.25) is 5.88 Å². The van der Waals surface area contributed by atoms with Crippen LogP contribution >= 0.6 is 0 Å². The molecule has 0 N–H and O–H groups in total. The van der Waals surface area contributed by atoms with E-state index >= 15 is 0 Å². The molecule has 3 heterocycles. The van der Waals surface area contributed by atoms with Gasteiger partial charge in [-0.25, -0.2) is 4.98 Å². The summed E-state index contributed by atoms with van der Waals surface area (Å²) in [7, 11) is -1.37. The van der Waals surface area contributed by atoms with Crippen LogP contribution in [0.2, 0.25) is 39.3 Å². The minimum atomic E-state index is -1.53. The number of hydrogen-bond donors (Lipinski definition) is 0. The second-order valence-corrected chi connectivity index (χ2v) is 19.6. The maximum absolute atomic E-state index is 6.49. The van der Waals surface area contributed by atoms with Gasteiger partial charge in [0, 0.05) is 43.4 Å². The largest absolute Gasteiger partial charge is 0.481 e. The molecule has 2 aliphatic heterocycles. The summed E-state index contributed by atoms with van der Waals surface area (Å²) in [5.74, 6) is 1.68. The molecule has 0 radical (unpaired) electrons. The molecule has 7 heteroatoms. The van der Waals surface area contributed by atoms with Crippen LogP contribution in [0.5, 0.6) is 5.88 Å². The van der Waals surface area contributed by atoms with E-state index in [1.165, 1.54) is 12.8 Å². The molecule has 1 aromatic rings. The fourth-order valence-corrected chi connectivity index (χ4v) is 6.68. The predicted octanol–water partition coefficient (Wildman–Crippen LogP) is 4.73. The van der Waals surface area contributed by atoms with Crippen molar-refractivity contribution in [3.8, 4) is 5.88 Å². The Morgan fingerprint density at radius 1 is 1.03 bits per heavy atom. The molecule has 5 nitrogen and oxygen atoms in total. The van der Waals surface area contributed by atoms with Crippen molar-refractivity contribution in [3.63, 3.8) is 0 Å². The Balaban J connectivity index is 1.77. The molecular weight excluding hydrogens is 396 g/mol. The van der Waals surface area contributed by atoms with Crippen molar-refractivity contribution in [3.05, 3.63) is 23.9 Å². The van der Waals surface area contributed by atoms with Crippen molar-refractivity contribution in [1.82, 2.24) is 9.88 Å². The lowest BCUT2D eigenvalue weighted by molar-refractivity contribution is -0.0209. The van der Waals surface area contributed by atoms with E-state index in [-0.39, 0.29) is 0 Å². The highest BCUT2D eigenvalue weighted by molar-refractivity contribution is 6.70. The van der Waals surface area contributed by atoms with Crippen LogP contribution in [0.4, 0.5) is 0 Å². The first-order valence-corrected chi connectivity index (χ1v) is 17.9. The smallest absolute Gasteiger partial charge is 0.213 e. The standard InChI is InChI=1S/C22H40N2O3Si2/c1-25-22-10-8-9-20(23-22)17-13-18(16-26-28(2,3)4)21-12-11-19(15-24(21)14-17)27-29(5,6)7/h8-10,17-19,21H,11-16H2,1-7H3/t17-,18-,19+,21-/m1/s1. The minimum Gasteiger partial charge on any atom is -0.481 e. The van der Waals surface area contributed by atoms with Crippen LogP contribution in [0.25, 0.3) is 0 Å². The van der Waals surface area contributed by atoms with E-state index in [2.05, 4.69) is 56.3 Å². The SMILES string of the molecule is COc1cccc([C@@H]2C[C@H](CO[Si](C)(C)C)[C@H]3CC[C@H](O[Si](C)(C)C)CN3C2)n1. The lowest BCUT2D eigenvalue weighted by atomic mass is 9.78. The third-order valence-corrected chi connectivity index (χ3v) is 7.97. The Bertz CT molecular complexity index is 675. The van der Waals surface area contributed by atoms with E-state index in [1.807, 2.05) is 6.07 Å². The van der Waals surface area contributed by atoms with Gasteiger partial charge in [-0.1, -0.05) is 6.07 Å². The normalized spacial score (nSPS) is 28.8. The Kier molecular flexibility index (Phi) is 7.26. The van der Waals surface area contributed by atoms with Gasteiger partial charge in [-0.3, -0.25) is 4.90 Å². The molecule has 4 atom stereocenters. The maximum Gasteiger partial charge on any atom is 0.213 e. The van der Waals surface area contributed by atoms with E-state index in [0.29, 0.717) is 29.9 Å². The molecule has 0 aromatic carbocycles.